The third-order valence-corrected chi connectivity index (χ3v) is 4.44. The van der Waals surface area contributed by atoms with Crippen molar-refractivity contribution in [3.05, 3.63) is 33.8 Å². The van der Waals surface area contributed by atoms with Gasteiger partial charge in [0.15, 0.2) is 0 Å². The quantitative estimate of drug-likeness (QED) is 0.751. The highest BCUT2D eigenvalue weighted by atomic mass is 79.9. The van der Waals surface area contributed by atoms with Gasteiger partial charge in [-0.1, -0.05) is 28.1 Å². The van der Waals surface area contributed by atoms with Crippen LogP contribution in [0.5, 0.6) is 0 Å². The molecule has 2 aliphatic rings. The van der Waals surface area contributed by atoms with Crippen LogP contribution in [0.4, 0.5) is 0 Å². The van der Waals surface area contributed by atoms with Gasteiger partial charge < -0.3 is 0 Å². The Kier molecular flexibility index (Phi) is 2.57. The molecule has 0 spiro atoms. The van der Waals surface area contributed by atoms with Crippen LogP contribution in [-0.4, -0.2) is 18.0 Å². The third-order valence-electron chi connectivity index (χ3n) is 3.74. The predicted molar refractivity (Wildman–Crippen MR) is 66.0 cm³/mol. The zero-order valence-electron chi connectivity index (χ0n) is 8.88. The van der Waals surface area contributed by atoms with E-state index in [-0.39, 0.29) is 0 Å². The van der Waals surface area contributed by atoms with Crippen LogP contribution in [0.1, 0.15) is 36.4 Å². The number of aryl methyl sites for hydroxylation is 1. The second-order valence-electron chi connectivity index (χ2n) is 4.61. The highest BCUT2D eigenvalue weighted by Gasteiger charge is 2.30. The van der Waals surface area contributed by atoms with Crippen molar-refractivity contribution in [3.63, 3.8) is 0 Å². The van der Waals surface area contributed by atoms with Crippen LogP contribution in [-0.2, 0) is 6.42 Å². The number of benzene rings is 1. The van der Waals surface area contributed by atoms with Gasteiger partial charge >= 0.3 is 0 Å². The monoisotopic (exact) mass is 265 g/mol. The van der Waals surface area contributed by atoms with E-state index in [1.165, 1.54) is 43.2 Å². The van der Waals surface area contributed by atoms with Crippen LogP contribution in [0.15, 0.2) is 22.7 Å². The van der Waals surface area contributed by atoms with Crippen molar-refractivity contribution in [2.45, 2.75) is 31.7 Å². The Morgan fingerprint density at radius 1 is 1.20 bits per heavy atom. The average molecular weight is 266 g/mol. The molecule has 1 atom stereocenters. The van der Waals surface area contributed by atoms with E-state index in [9.17, 15) is 0 Å². The lowest BCUT2D eigenvalue weighted by atomic mass is 10.1. The fraction of sp³-hybridized carbons (Fsp3) is 0.538. The van der Waals surface area contributed by atoms with Crippen LogP contribution in [0.2, 0.25) is 0 Å². The maximum absolute atomic E-state index is 3.71. The van der Waals surface area contributed by atoms with Gasteiger partial charge in [0.1, 0.15) is 0 Å². The maximum atomic E-state index is 3.71. The molecule has 0 aromatic heterocycles. The molecule has 0 bridgehead atoms. The predicted octanol–water partition coefficient (Wildman–Crippen LogP) is 3.53. The second kappa shape index (κ2) is 3.91. The number of hydrogen-bond donors (Lipinski definition) is 0. The summed E-state index contributed by atoms with van der Waals surface area (Å²) in [6, 6.07) is 7.33. The van der Waals surface area contributed by atoms with E-state index in [2.05, 4.69) is 39.0 Å². The van der Waals surface area contributed by atoms with E-state index in [0.29, 0.717) is 6.04 Å². The van der Waals surface area contributed by atoms with Crippen LogP contribution < -0.4 is 0 Å². The summed E-state index contributed by atoms with van der Waals surface area (Å²) < 4.78 is 1.31. The summed E-state index contributed by atoms with van der Waals surface area (Å²) in [6.45, 7) is 2.59. The molecule has 1 nitrogen and oxygen atoms in total. The lowest BCUT2D eigenvalue weighted by Gasteiger charge is -2.24. The maximum Gasteiger partial charge on any atom is 0.0365 e. The van der Waals surface area contributed by atoms with E-state index in [1.54, 1.807) is 11.1 Å². The molecule has 1 heterocycles. The highest BCUT2D eigenvalue weighted by Crippen LogP contribution is 2.41. The minimum Gasteiger partial charge on any atom is -0.296 e. The summed E-state index contributed by atoms with van der Waals surface area (Å²) in [6.07, 6.45) is 5.35. The summed E-state index contributed by atoms with van der Waals surface area (Å²) in [7, 11) is 0. The Balaban J connectivity index is 1.96. The fourth-order valence-corrected chi connectivity index (χ4v) is 3.70. The number of likely N-dealkylation sites (tertiary alicyclic amines) is 1. The molecule has 1 aliphatic heterocycles. The minimum absolute atomic E-state index is 0.693. The molecule has 1 fully saturated rings. The molecule has 1 aromatic carbocycles. The molecule has 0 N–H and O–H groups in total. The summed E-state index contributed by atoms with van der Waals surface area (Å²) in [5.74, 6) is 0. The van der Waals surface area contributed by atoms with Crippen molar-refractivity contribution in [1.82, 2.24) is 4.90 Å². The Hall–Kier alpha value is -0.340. The van der Waals surface area contributed by atoms with E-state index in [0.717, 1.165) is 0 Å². The topological polar surface area (TPSA) is 3.24 Å². The molecular weight excluding hydrogens is 250 g/mol. The molecule has 0 amide bonds. The summed E-state index contributed by atoms with van der Waals surface area (Å²) in [5, 5.41) is 0. The van der Waals surface area contributed by atoms with E-state index in [1.807, 2.05) is 0 Å². The Morgan fingerprint density at radius 3 is 2.80 bits per heavy atom. The number of rotatable bonds is 1. The Morgan fingerprint density at radius 2 is 2.00 bits per heavy atom. The van der Waals surface area contributed by atoms with E-state index in [4.69, 9.17) is 0 Å². The minimum atomic E-state index is 0.693. The SMILES string of the molecule is Brc1cccc2c1C(N1CCCC1)CC2. The first-order valence-electron chi connectivity index (χ1n) is 5.87. The molecule has 1 aliphatic carbocycles. The fourth-order valence-electron chi connectivity index (χ4n) is 3.03. The Labute approximate surface area is 99.6 Å². The molecule has 1 aromatic rings. The zero-order valence-corrected chi connectivity index (χ0v) is 10.5. The van der Waals surface area contributed by atoms with Gasteiger partial charge in [-0.25, -0.2) is 0 Å². The average Bonchev–Trinajstić information content (AvgIpc) is 2.85. The number of nitrogens with zero attached hydrogens (tertiary/aromatic N) is 1. The van der Waals surface area contributed by atoms with Gasteiger partial charge in [0.05, 0.1) is 0 Å². The first kappa shape index (κ1) is 9.86. The van der Waals surface area contributed by atoms with Crippen molar-refractivity contribution in [2.24, 2.45) is 0 Å². The zero-order chi connectivity index (χ0) is 10.3. The molecule has 0 radical (unpaired) electrons. The summed E-state index contributed by atoms with van der Waals surface area (Å²) in [5.41, 5.74) is 3.13. The lowest BCUT2D eigenvalue weighted by molar-refractivity contribution is 0.245. The van der Waals surface area contributed by atoms with Crippen LogP contribution in [0.3, 0.4) is 0 Å². The summed E-state index contributed by atoms with van der Waals surface area (Å²) in [4.78, 5) is 2.66. The highest BCUT2D eigenvalue weighted by molar-refractivity contribution is 9.10. The van der Waals surface area contributed by atoms with Crippen molar-refractivity contribution in [3.8, 4) is 0 Å². The normalized spacial score (nSPS) is 25.8. The number of hydrogen-bond acceptors (Lipinski definition) is 1. The molecule has 15 heavy (non-hydrogen) atoms. The smallest absolute Gasteiger partial charge is 0.0365 e. The third kappa shape index (κ3) is 1.64. The first-order valence-corrected chi connectivity index (χ1v) is 6.67. The molecule has 1 unspecified atom stereocenters. The van der Waals surface area contributed by atoms with Crippen LogP contribution in [0, 0.1) is 0 Å². The van der Waals surface area contributed by atoms with Gasteiger partial charge in [-0.3, -0.25) is 4.90 Å². The van der Waals surface area contributed by atoms with Gasteiger partial charge in [0.25, 0.3) is 0 Å². The van der Waals surface area contributed by atoms with Crippen LogP contribution in [0.25, 0.3) is 0 Å². The van der Waals surface area contributed by atoms with Crippen molar-refractivity contribution < 1.29 is 0 Å². The molecule has 80 valence electrons. The van der Waals surface area contributed by atoms with Gasteiger partial charge in [-0.05, 0) is 56.0 Å². The molecular formula is C13H16BrN. The lowest BCUT2D eigenvalue weighted by Crippen LogP contribution is -2.23. The molecule has 1 saturated heterocycles. The number of fused-ring (bicyclic) bond motifs is 1. The largest absolute Gasteiger partial charge is 0.296 e. The molecule has 0 saturated carbocycles. The van der Waals surface area contributed by atoms with E-state index < -0.39 is 0 Å². The van der Waals surface area contributed by atoms with E-state index >= 15 is 0 Å². The second-order valence-corrected chi connectivity index (χ2v) is 5.46. The standard InChI is InChI=1S/C13H16BrN/c14-11-5-3-4-10-6-7-12(13(10)11)15-8-1-2-9-15/h3-5,12H,1-2,6-9H2. The Bertz CT molecular complexity index is 369. The van der Waals surface area contributed by atoms with Gasteiger partial charge in [0, 0.05) is 10.5 Å². The van der Waals surface area contributed by atoms with Gasteiger partial charge in [-0.15, -0.1) is 0 Å². The van der Waals surface area contributed by atoms with Gasteiger partial charge in [-0.2, -0.15) is 0 Å². The van der Waals surface area contributed by atoms with Crippen molar-refractivity contribution >= 4 is 15.9 Å². The summed E-state index contributed by atoms with van der Waals surface area (Å²) >= 11 is 3.71. The van der Waals surface area contributed by atoms with Crippen molar-refractivity contribution in [1.29, 1.82) is 0 Å². The molecule has 2 heteroatoms. The first-order chi connectivity index (χ1) is 7.36. The van der Waals surface area contributed by atoms with Gasteiger partial charge in [0.2, 0.25) is 0 Å². The number of halogens is 1. The van der Waals surface area contributed by atoms with Crippen molar-refractivity contribution in [2.75, 3.05) is 13.1 Å². The van der Waals surface area contributed by atoms with Crippen LogP contribution >= 0.6 is 15.9 Å². The molecule has 3 rings (SSSR count).